The molecule has 39 heavy (non-hydrogen) atoms. The summed E-state index contributed by atoms with van der Waals surface area (Å²) in [6.07, 6.45) is 1.36. The molecule has 3 aliphatic heterocycles. The molecule has 2 amide bonds. The van der Waals surface area contributed by atoms with Crippen molar-refractivity contribution >= 4 is 63.9 Å². The third-order valence-corrected chi connectivity index (χ3v) is 8.93. The van der Waals surface area contributed by atoms with Gasteiger partial charge < -0.3 is 20.1 Å². The Kier molecular flexibility index (Phi) is 7.19. The number of nitrogens with one attached hydrogen (secondary N) is 2. The molecule has 202 valence electrons. The van der Waals surface area contributed by atoms with Crippen LogP contribution in [0.15, 0.2) is 60.7 Å². The first kappa shape index (κ1) is 26.7. The Labute approximate surface area is 245 Å². The smallest absolute Gasteiger partial charge is 0.239 e. The zero-order valence-electron chi connectivity index (χ0n) is 20.6. The molecule has 0 aromatic heterocycles. The average Bonchev–Trinajstić information content (AvgIpc) is 3.19. The van der Waals surface area contributed by atoms with E-state index in [1.165, 1.54) is 0 Å². The number of rotatable bonds is 4. The van der Waals surface area contributed by atoms with Crippen molar-refractivity contribution in [3.63, 3.8) is 0 Å². The van der Waals surface area contributed by atoms with E-state index in [1.807, 2.05) is 12.1 Å². The van der Waals surface area contributed by atoms with Gasteiger partial charge in [0.05, 0.1) is 19.3 Å². The van der Waals surface area contributed by atoms with E-state index in [4.69, 9.17) is 55.9 Å². The number of anilines is 1. The predicted octanol–water partition coefficient (Wildman–Crippen LogP) is 6.66. The van der Waals surface area contributed by atoms with Crippen molar-refractivity contribution in [2.45, 2.75) is 41.7 Å². The highest BCUT2D eigenvalue weighted by atomic mass is 35.5. The Bertz CT molecular complexity index is 1460. The molecular formula is C29H24Cl4N2O4. The number of alkyl halides is 1. The van der Waals surface area contributed by atoms with Crippen LogP contribution >= 0.6 is 46.4 Å². The minimum Gasteiger partial charge on any atom is -0.490 e. The molecule has 3 aromatic carbocycles. The summed E-state index contributed by atoms with van der Waals surface area (Å²) in [6.45, 7) is 1.19. The Morgan fingerprint density at radius 3 is 2.38 bits per heavy atom. The molecule has 3 heterocycles. The summed E-state index contributed by atoms with van der Waals surface area (Å²) >= 11 is 26.1. The van der Waals surface area contributed by atoms with Crippen molar-refractivity contribution in [3.8, 4) is 5.75 Å². The van der Waals surface area contributed by atoms with Crippen LogP contribution in [0.3, 0.4) is 0 Å². The van der Waals surface area contributed by atoms with E-state index >= 15 is 0 Å². The number of halogens is 4. The largest absolute Gasteiger partial charge is 0.490 e. The summed E-state index contributed by atoms with van der Waals surface area (Å²) in [4.78, 5) is 27.8. The average molecular weight is 606 g/mol. The first-order valence-electron chi connectivity index (χ1n) is 12.6. The Hall–Kier alpha value is -2.48. The van der Waals surface area contributed by atoms with Crippen molar-refractivity contribution in [2.24, 2.45) is 0 Å². The van der Waals surface area contributed by atoms with Gasteiger partial charge in [0.25, 0.3) is 0 Å². The molecule has 0 aliphatic carbocycles. The number of fused-ring (bicyclic) bond motifs is 2. The number of carbonyl (C=O) groups excluding carboxylic acids is 2. The number of piperidine rings is 1. The third-order valence-electron chi connectivity index (χ3n) is 7.78. The lowest BCUT2D eigenvalue weighted by Crippen LogP contribution is -2.61. The summed E-state index contributed by atoms with van der Waals surface area (Å²) in [6, 6.07) is 16.7. The molecular weight excluding hydrogens is 582 g/mol. The van der Waals surface area contributed by atoms with Crippen LogP contribution in [0.4, 0.5) is 5.69 Å². The first-order chi connectivity index (χ1) is 18.8. The summed E-state index contributed by atoms with van der Waals surface area (Å²) < 4.78 is 12.0. The summed E-state index contributed by atoms with van der Waals surface area (Å²) in [5, 5.41) is 6.37. The summed E-state index contributed by atoms with van der Waals surface area (Å²) in [7, 11) is 0. The monoisotopic (exact) mass is 604 g/mol. The van der Waals surface area contributed by atoms with Gasteiger partial charge in [0, 0.05) is 45.1 Å². The van der Waals surface area contributed by atoms with Crippen LogP contribution in [0.2, 0.25) is 15.1 Å². The minimum atomic E-state index is -1.37. The van der Waals surface area contributed by atoms with Crippen LogP contribution in [0.25, 0.3) is 0 Å². The second-order valence-electron chi connectivity index (χ2n) is 10.0. The van der Waals surface area contributed by atoms with Gasteiger partial charge in [0.1, 0.15) is 22.6 Å². The SMILES string of the molecule is O=C1NC(c2cc(Cl)ccc2OC2CCOCC2)C2(C(=O)Nc3cc(Cl)ccc32)C(c2cccc(Cl)c2)C1Cl. The molecule has 6 rings (SSSR count). The van der Waals surface area contributed by atoms with Gasteiger partial charge in [-0.3, -0.25) is 9.59 Å². The van der Waals surface area contributed by atoms with Gasteiger partial charge in [-0.15, -0.1) is 11.6 Å². The highest BCUT2D eigenvalue weighted by Crippen LogP contribution is 2.59. The van der Waals surface area contributed by atoms with Crippen LogP contribution in [0.1, 0.15) is 41.5 Å². The van der Waals surface area contributed by atoms with Gasteiger partial charge in [-0.25, -0.2) is 0 Å². The van der Waals surface area contributed by atoms with Gasteiger partial charge in [-0.1, -0.05) is 53.0 Å². The van der Waals surface area contributed by atoms with E-state index in [2.05, 4.69) is 10.6 Å². The van der Waals surface area contributed by atoms with E-state index in [1.54, 1.807) is 48.5 Å². The number of benzene rings is 3. The molecule has 2 saturated heterocycles. The van der Waals surface area contributed by atoms with Gasteiger partial charge in [0.15, 0.2) is 0 Å². The molecule has 6 nitrogen and oxygen atoms in total. The number of hydrogen-bond donors (Lipinski definition) is 2. The van der Waals surface area contributed by atoms with E-state index in [0.717, 1.165) is 12.8 Å². The van der Waals surface area contributed by atoms with Gasteiger partial charge in [-0.2, -0.15) is 0 Å². The lowest BCUT2D eigenvalue weighted by Gasteiger charge is -2.48. The molecule has 3 aromatic rings. The van der Waals surface area contributed by atoms with E-state index in [-0.39, 0.29) is 12.0 Å². The van der Waals surface area contributed by atoms with Crippen LogP contribution < -0.4 is 15.4 Å². The van der Waals surface area contributed by atoms with Gasteiger partial charge >= 0.3 is 0 Å². The normalized spacial score (nSPS) is 26.7. The first-order valence-corrected chi connectivity index (χ1v) is 14.2. The fourth-order valence-corrected chi connectivity index (χ4v) is 7.06. The number of ether oxygens (including phenoxy) is 2. The second-order valence-corrected chi connectivity index (χ2v) is 11.8. The summed E-state index contributed by atoms with van der Waals surface area (Å²) in [5.74, 6) is -0.986. The second kappa shape index (κ2) is 10.5. The molecule has 10 heteroatoms. The zero-order valence-corrected chi connectivity index (χ0v) is 23.6. The number of hydrogen-bond acceptors (Lipinski definition) is 4. The van der Waals surface area contributed by atoms with Crippen molar-refractivity contribution in [3.05, 3.63) is 92.4 Å². The maximum Gasteiger partial charge on any atom is 0.239 e. The van der Waals surface area contributed by atoms with E-state index in [9.17, 15) is 9.59 Å². The number of carbonyl (C=O) groups is 2. The van der Waals surface area contributed by atoms with Crippen LogP contribution in [-0.4, -0.2) is 36.5 Å². The van der Waals surface area contributed by atoms with Crippen molar-refractivity contribution in [1.82, 2.24) is 5.32 Å². The molecule has 2 fully saturated rings. The quantitative estimate of drug-likeness (QED) is 0.326. The molecule has 0 radical (unpaired) electrons. The highest BCUT2D eigenvalue weighted by Gasteiger charge is 2.64. The van der Waals surface area contributed by atoms with Crippen LogP contribution in [0, 0.1) is 0 Å². The lowest BCUT2D eigenvalue weighted by atomic mass is 9.59. The molecule has 4 atom stereocenters. The van der Waals surface area contributed by atoms with Crippen molar-refractivity contribution < 1.29 is 19.1 Å². The van der Waals surface area contributed by atoms with Crippen LogP contribution in [0.5, 0.6) is 5.75 Å². The Morgan fingerprint density at radius 2 is 1.62 bits per heavy atom. The zero-order chi connectivity index (χ0) is 27.3. The fourth-order valence-electron chi connectivity index (χ4n) is 6.10. The Balaban J connectivity index is 1.60. The summed E-state index contributed by atoms with van der Waals surface area (Å²) in [5.41, 5.74) is 1.08. The maximum atomic E-state index is 14.3. The molecule has 4 unspecified atom stereocenters. The topological polar surface area (TPSA) is 76.7 Å². The van der Waals surface area contributed by atoms with E-state index in [0.29, 0.717) is 56.4 Å². The van der Waals surface area contributed by atoms with Crippen molar-refractivity contribution in [2.75, 3.05) is 18.5 Å². The lowest BCUT2D eigenvalue weighted by molar-refractivity contribution is -0.131. The maximum absolute atomic E-state index is 14.3. The Morgan fingerprint density at radius 1 is 0.897 bits per heavy atom. The predicted molar refractivity (Wildman–Crippen MR) is 152 cm³/mol. The van der Waals surface area contributed by atoms with Crippen molar-refractivity contribution in [1.29, 1.82) is 0 Å². The van der Waals surface area contributed by atoms with Gasteiger partial charge in [-0.05, 0) is 53.6 Å². The third kappa shape index (κ3) is 4.56. The van der Waals surface area contributed by atoms with E-state index < -0.39 is 28.7 Å². The molecule has 1 spiro atoms. The minimum absolute atomic E-state index is 0.0816. The number of amides is 2. The molecule has 0 saturated carbocycles. The van der Waals surface area contributed by atoms with Gasteiger partial charge in [0.2, 0.25) is 11.8 Å². The molecule has 3 aliphatic rings. The molecule has 0 bridgehead atoms. The highest BCUT2D eigenvalue weighted by molar-refractivity contribution is 6.33. The standard InChI is InChI=1S/C29H24Cl4N2O4/c30-16-3-1-2-15(12-16)24-25(33)27(36)35-26(29(24)21-6-4-18(32)14-22(21)34-28(29)37)20-13-17(31)5-7-23(20)39-19-8-10-38-11-9-19/h1-7,12-14,19,24-26H,8-11H2,(H,34,37)(H,35,36). The van der Waals surface area contributed by atoms with Crippen LogP contribution in [-0.2, 0) is 19.7 Å². The molecule has 2 N–H and O–H groups in total. The fraction of sp³-hybridized carbons (Fsp3) is 0.310.